The van der Waals surface area contributed by atoms with E-state index in [2.05, 4.69) is 0 Å². The van der Waals surface area contributed by atoms with Crippen molar-refractivity contribution in [3.8, 4) is 16.9 Å². The van der Waals surface area contributed by atoms with Crippen LogP contribution in [-0.4, -0.2) is 17.3 Å². The lowest BCUT2D eigenvalue weighted by atomic mass is 10.0. The number of nitrogens with zero attached hydrogens (tertiary/aromatic N) is 1. The highest BCUT2D eigenvalue weighted by atomic mass is 19.1. The number of hydrogen-bond acceptors (Lipinski definition) is 2. The lowest BCUT2D eigenvalue weighted by Gasteiger charge is -2.10. The zero-order chi connectivity index (χ0) is 15.7. The van der Waals surface area contributed by atoms with Crippen LogP contribution in [0.25, 0.3) is 16.6 Å². The van der Waals surface area contributed by atoms with Crippen LogP contribution in [0.4, 0.5) is 4.39 Å². The molecule has 0 aliphatic heterocycles. The fourth-order valence-electron chi connectivity index (χ4n) is 2.63. The Balaban J connectivity index is 2.30. The van der Waals surface area contributed by atoms with Gasteiger partial charge in [-0.1, -0.05) is 6.07 Å². The van der Waals surface area contributed by atoms with E-state index in [4.69, 9.17) is 4.74 Å². The van der Waals surface area contributed by atoms with Gasteiger partial charge in [-0.2, -0.15) is 0 Å². The molecular formula is C18H16FNO2. The second-order valence-corrected chi connectivity index (χ2v) is 5.14. The number of carbonyl (C=O) groups is 1. The second-order valence-electron chi connectivity index (χ2n) is 5.14. The third-order valence-corrected chi connectivity index (χ3v) is 3.60. The van der Waals surface area contributed by atoms with E-state index in [1.807, 2.05) is 42.6 Å². The molecule has 0 saturated heterocycles. The number of aldehydes is 1. The molecule has 112 valence electrons. The van der Waals surface area contributed by atoms with Crippen LogP contribution in [0.5, 0.6) is 5.75 Å². The zero-order valence-electron chi connectivity index (χ0n) is 12.5. The first kappa shape index (κ1) is 14.3. The fourth-order valence-corrected chi connectivity index (χ4v) is 2.63. The number of benzene rings is 1. The normalized spacial score (nSPS) is 10.9. The minimum absolute atomic E-state index is 0.360. The standard InChI is InChI=1S/C18H16FNO2/c1-3-22-18-7-5-13(19)8-16(18)15-9-14-6-4-12(2)10-20(14)17(15)11-21/h4-11H,3H2,1-2H3. The number of halogens is 1. The van der Waals surface area contributed by atoms with E-state index in [9.17, 15) is 9.18 Å². The Hall–Kier alpha value is -2.62. The molecular weight excluding hydrogens is 281 g/mol. The molecule has 0 fully saturated rings. The fraction of sp³-hybridized carbons (Fsp3) is 0.167. The molecule has 4 heteroatoms. The summed E-state index contributed by atoms with van der Waals surface area (Å²) in [5.74, 6) is 0.210. The van der Waals surface area contributed by atoms with Gasteiger partial charge in [0.15, 0.2) is 6.29 Å². The maximum absolute atomic E-state index is 13.7. The number of carbonyl (C=O) groups excluding carboxylic acids is 1. The van der Waals surface area contributed by atoms with E-state index in [0.29, 0.717) is 29.2 Å². The highest BCUT2D eigenvalue weighted by Crippen LogP contribution is 2.35. The number of rotatable bonds is 4. The summed E-state index contributed by atoms with van der Waals surface area (Å²) in [4.78, 5) is 11.6. The van der Waals surface area contributed by atoms with Gasteiger partial charge in [-0.25, -0.2) is 4.39 Å². The van der Waals surface area contributed by atoms with Crippen LogP contribution >= 0.6 is 0 Å². The average Bonchev–Trinajstić information content (AvgIpc) is 2.86. The highest BCUT2D eigenvalue weighted by Gasteiger charge is 2.16. The van der Waals surface area contributed by atoms with E-state index in [1.165, 1.54) is 12.1 Å². The monoisotopic (exact) mass is 297 g/mol. The number of aromatic nitrogens is 1. The van der Waals surface area contributed by atoms with Crippen molar-refractivity contribution in [2.45, 2.75) is 13.8 Å². The molecule has 3 nitrogen and oxygen atoms in total. The van der Waals surface area contributed by atoms with Gasteiger partial charge in [0.05, 0.1) is 12.3 Å². The first-order valence-corrected chi connectivity index (χ1v) is 7.13. The Bertz CT molecular complexity index is 852. The van der Waals surface area contributed by atoms with E-state index in [1.54, 1.807) is 6.07 Å². The Morgan fingerprint density at radius 2 is 2.00 bits per heavy atom. The summed E-state index contributed by atoms with van der Waals surface area (Å²) >= 11 is 0. The summed E-state index contributed by atoms with van der Waals surface area (Å²) in [6.07, 6.45) is 2.69. The SMILES string of the molecule is CCOc1ccc(F)cc1-c1cc2ccc(C)cn2c1C=O. The third kappa shape index (κ3) is 2.37. The van der Waals surface area contributed by atoms with Crippen molar-refractivity contribution in [2.75, 3.05) is 6.61 Å². The largest absolute Gasteiger partial charge is 0.493 e. The molecule has 0 atom stereocenters. The Morgan fingerprint density at radius 1 is 1.18 bits per heavy atom. The zero-order valence-corrected chi connectivity index (χ0v) is 12.5. The van der Waals surface area contributed by atoms with Gasteiger partial charge in [-0.05, 0) is 49.7 Å². The second kappa shape index (κ2) is 5.64. The summed E-state index contributed by atoms with van der Waals surface area (Å²) in [5.41, 5.74) is 3.68. The van der Waals surface area contributed by atoms with E-state index in [0.717, 1.165) is 17.4 Å². The molecule has 2 heterocycles. The number of hydrogen-bond donors (Lipinski definition) is 0. The Labute approximate surface area is 128 Å². The quantitative estimate of drug-likeness (QED) is 0.673. The van der Waals surface area contributed by atoms with Crippen LogP contribution in [0, 0.1) is 12.7 Å². The summed E-state index contributed by atoms with van der Waals surface area (Å²) in [6.45, 7) is 4.30. The van der Waals surface area contributed by atoms with Crippen LogP contribution in [0.15, 0.2) is 42.6 Å². The minimum atomic E-state index is -0.360. The van der Waals surface area contributed by atoms with Crippen molar-refractivity contribution in [3.05, 3.63) is 59.7 Å². The van der Waals surface area contributed by atoms with Crippen LogP contribution in [0.2, 0.25) is 0 Å². The van der Waals surface area contributed by atoms with Gasteiger partial charge in [0.25, 0.3) is 0 Å². The number of fused-ring (bicyclic) bond motifs is 1. The highest BCUT2D eigenvalue weighted by molar-refractivity contribution is 5.91. The summed E-state index contributed by atoms with van der Waals surface area (Å²) in [6, 6.07) is 10.1. The van der Waals surface area contributed by atoms with Crippen molar-refractivity contribution in [3.63, 3.8) is 0 Å². The van der Waals surface area contributed by atoms with Crippen LogP contribution < -0.4 is 4.74 Å². The van der Waals surface area contributed by atoms with Crippen LogP contribution in [0.3, 0.4) is 0 Å². The average molecular weight is 297 g/mol. The van der Waals surface area contributed by atoms with Crippen molar-refractivity contribution < 1.29 is 13.9 Å². The van der Waals surface area contributed by atoms with Crippen molar-refractivity contribution in [1.29, 1.82) is 0 Å². The first-order chi connectivity index (χ1) is 10.6. The first-order valence-electron chi connectivity index (χ1n) is 7.13. The van der Waals surface area contributed by atoms with Gasteiger partial charge in [0.1, 0.15) is 11.6 Å². The van der Waals surface area contributed by atoms with Crippen LogP contribution in [-0.2, 0) is 0 Å². The van der Waals surface area contributed by atoms with E-state index in [-0.39, 0.29) is 5.82 Å². The number of pyridine rings is 1. The van der Waals surface area contributed by atoms with Gasteiger partial charge < -0.3 is 9.14 Å². The predicted molar refractivity (Wildman–Crippen MR) is 84.1 cm³/mol. The molecule has 0 amide bonds. The molecule has 3 aromatic rings. The number of ether oxygens (including phenoxy) is 1. The van der Waals surface area contributed by atoms with Gasteiger partial charge in [0.2, 0.25) is 0 Å². The maximum atomic E-state index is 13.7. The smallest absolute Gasteiger partial charge is 0.167 e. The van der Waals surface area contributed by atoms with Gasteiger partial charge in [-0.15, -0.1) is 0 Å². The molecule has 0 aliphatic rings. The van der Waals surface area contributed by atoms with E-state index < -0.39 is 0 Å². The lowest BCUT2D eigenvalue weighted by molar-refractivity contribution is 0.111. The Morgan fingerprint density at radius 3 is 2.73 bits per heavy atom. The van der Waals surface area contributed by atoms with E-state index >= 15 is 0 Å². The van der Waals surface area contributed by atoms with Crippen LogP contribution in [0.1, 0.15) is 23.0 Å². The minimum Gasteiger partial charge on any atom is -0.493 e. The molecule has 0 spiro atoms. The third-order valence-electron chi connectivity index (χ3n) is 3.60. The molecule has 0 unspecified atom stereocenters. The molecule has 0 N–H and O–H groups in total. The Kier molecular flexibility index (Phi) is 3.67. The van der Waals surface area contributed by atoms with Gasteiger partial charge >= 0.3 is 0 Å². The van der Waals surface area contributed by atoms with Gasteiger partial charge in [-0.3, -0.25) is 4.79 Å². The topological polar surface area (TPSA) is 30.7 Å². The maximum Gasteiger partial charge on any atom is 0.167 e. The summed E-state index contributed by atoms with van der Waals surface area (Å²) in [7, 11) is 0. The van der Waals surface area contributed by atoms with Crippen molar-refractivity contribution >= 4 is 11.8 Å². The molecule has 1 aromatic carbocycles. The lowest BCUT2D eigenvalue weighted by Crippen LogP contribution is -1.97. The van der Waals surface area contributed by atoms with Crippen molar-refractivity contribution in [2.24, 2.45) is 0 Å². The summed E-state index contributed by atoms with van der Waals surface area (Å²) in [5, 5.41) is 0. The molecule has 3 rings (SSSR count). The molecule has 0 radical (unpaired) electrons. The molecule has 0 aliphatic carbocycles. The molecule has 0 saturated carbocycles. The summed E-state index contributed by atoms with van der Waals surface area (Å²) < 4.78 is 21.1. The van der Waals surface area contributed by atoms with Gasteiger partial charge in [0, 0.05) is 22.8 Å². The molecule has 22 heavy (non-hydrogen) atoms. The van der Waals surface area contributed by atoms with Crippen molar-refractivity contribution in [1.82, 2.24) is 4.40 Å². The predicted octanol–water partition coefficient (Wildman–Crippen LogP) is 4.27. The molecule has 2 aromatic heterocycles. The number of aryl methyl sites for hydroxylation is 1. The molecule has 0 bridgehead atoms.